The second kappa shape index (κ2) is 7.39. The minimum atomic E-state index is -0.800. The molecule has 0 radical (unpaired) electrons. The molecule has 1 fully saturated rings. The van der Waals surface area contributed by atoms with E-state index in [2.05, 4.69) is 12.1 Å². The number of aryl methyl sites for hydroxylation is 2. The highest BCUT2D eigenvalue weighted by Crippen LogP contribution is 2.41. The number of Topliss-reactive ketones (excluding diaryl/α,β-unsaturated/α-hetero) is 1. The lowest BCUT2D eigenvalue weighted by Crippen LogP contribution is -2.29. The molecule has 0 aliphatic carbocycles. The maximum absolute atomic E-state index is 12.9. The number of aliphatic hydroxyl groups is 1. The van der Waals surface area contributed by atoms with Crippen molar-refractivity contribution in [1.29, 1.82) is 0 Å². The van der Waals surface area contributed by atoms with Gasteiger partial charge < -0.3 is 9.63 Å². The van der Waals surface area contributed by atoms with Gasteiger partial charge in [-0.2, -0.15) is 0 Å². The van der Waals surface area contributed by atoms with Crippen molar-refractivity contribution in [3.63, 3.8) is 0 Å². The van der Waals surface area contributed by atoms with Gasteiger partial charge >= 0.3 is 5.91 Å². The normalized spacial score (nSPS) is 18.4. The number of carbonyl (C=O) groups excluding carboxylic acids is 2. The van der Waals surface area contributed by atoms with Crippen LogP contribution in [0.4, 0.5) is 5.82 Å². The summed E-state index contributed by atoms with van der Waals surface area (Å²) in [5.74, 6) is -0.959. The fraction of sp³-hybridized carbons (Fsp3) is 0.174. The summed E-state index contributed by atoms with van der Waals surface area (Å²) in [6.07, 6.45) is 0.868. The number of ketones is 1. The van der Waals surface area contributed by atoms with Crippen molar-refractivity contribution in [3.8, 4) is 0 Å². The Hall–Kier alpha value is -3.67. The molecule has 1 atom stereocenters. The predicted molar refractivity (Wildman–Crippen MR) is 108 cm³/mol. The number of rotatable bonds is 4. The summed E-state index contributed by atoms with van der Waals surface area (Å²) in [5.41, 5.74) is 2.34. The van der Waals surface area contributed by atoms with Gasteiger partial charge in [0.2, 0.25) is 0 Å². The van der Waals surface area contributed by atoms with Gasteiger partial charge in [-0.3, -0.25) is 14.5 Å². The Morgan fingerprint density at radius 1 is 1.10 bits per heavy atom. The van der Waals surface area contributed by atoms with Crippen LogP contribution >= 0.6 is 0 Å². The molecule has 1 N–H and O–H groups in total. The van der Waals surface area contributed by atoms with Crippen LogP contribution in [-0.4, -0.2) is 22.0 Å². The summed E-state index contributed by atoms with van der Waals surface area (Å²) in [5, 5.41) is 14.9. The number of carbonyl (C=O) groups is 2. The Morgan fingerprint density at radius 2 is 1.79 bits per heavy atom. The summed E-state index contributed by atoms with van der Waals surface area (Å²) in [7, 11) is 0. The largest absolute Gasteiger partial charge is 0.507 e. The van der Waals surface area contributed by atoms with Gasteiger partial charge in [0.05, 0.1) is 11.6 Å². The van der Waals surface area contributed by atoms with Gasteiger partial charge in [0.25, 0.3) is 5.78 Å². The van der Waals surface area contributed by atoms with E-state index in [1.54, 1.807) is 37.3 Å². The lowest BCUT2D eigenvalue weighted by molar-refractivity contribution is -0.132. The molecule has 146 valence electrons. The Labute approximate surface area is 168 Å². The van der Waals surface area contributed by atoms with Crippen molar-refractivity contribution >= 4 is 23.3 Å². The van der Waals surface area contributed by atoms with E-state index in [1.807, 2.05) is 30.3 Å². The zero-order valence-corrected chi connectivity index (χ0v) is 16.1. The third-order valence-corrected chi connectivity index (χ3v) is 5.06. The molecular formula is C23H20N2O4. The molecule has 6 nitrogen and oxygen atoms in total. The number of anilines is 1. The smallest absolute Gasteiger partial charge is 0.301 e. The first-order chi connectivity index (χ1) is 14.0. The van der Waals surface area contributed by atoms with Crippen LogP contribution in [-0.2, 0) is 16.0 Å². The van der Waals surface area contributed by atoms with Gasteiger partial charge in [-0.25, -0.2) is 0 Å². The van der Waals surface area contributed by atoms with Gasteiger partial charge in [0, 0.05) is 11.6 Å². The van der Waals surface area contributed by atoms with Crippen molar-refractivity contribution < 1.29 is 19.2 Å². The van der Waals surface area contributed by atoms with Crippen LogP contribution in [0.3, 0.4) is 0 Å². The maximum Gasteiger partial charge on any atom is 0.301 e. The third kappa shape index (κ3) is 3.23. The number of nitrogens with zero attached hydrogens (tertiary/aromatic N) is 2. The molecular weight excluding hydrogens is 368 g/mol. The average molecular weight is 388 g/mol. The first-order valence-corrected chi connectivity index (χ1v) is 9.39. The SMILES string of the molecule is CCc1ccc([C@H]2/C(=C(\O)c3ccccc3)C(=O)C(=O)N2c2cc(C)on2)cc1. The summed E-state index contributed by atoms with van der Waals surface area (Å²) >= 11 is 0. The van der Waals surface area contributed by atoms with E-state index in [4.69, 9.17) is 4.52 Å². The molecule has 0 unspecified atom stereocenters. The van der Waals surface area contributed by atoms with Crippen LogP contribution < -0.4 is 4.90 Å². The van der Waals surface area contributed by atoms with Crippen LogP contribution in [0.2, 0.25) is 0 Å². The number of hydrogen-bond acceptors (Lipinski definition) is 5. The summed E-state index contributed by atoms with van der Waals surface area (Å²) in [6.45, 7) is 3.76. The fourth-order valence-electron chi connectivity index (χ4n) is 3.54. The first kappa shape index (κ1) is 18.7. The fourth-order valence-corrected chi connectivity index (χ4v) is 3.54. The minimum absolute atomic E-state index is 0.0334. The van der Waals surface area contributed by atoms with Crippen molar-refractivity contribution in [2.45, 2.75) is 26.3 Å². The van der Waals surface area contributed by atoms with Gasteiger partial charge in [-0.05, 0) is 24.5 Å². The Bertz CT molecular complexity index is 1100. The molecule has 4 rings (SSSR count). The summed E-state index contributed by atoms with van der Waals surface area (Å²) in [6, 6.07) is 17.2. The quantitative estimate of drug-likeness (QED) is 0.412. The molecule has 1 aliphatic rings. The summed E-state index contributed by atoms with van der Waals surface area (Å²) < 4.78 is 5.13. The second-order valence-electron chi connectivity index (χ2n) is 6.93. The number of amides is 1. The zero-order chi connectivity index (χ0) is 20.5. The molecule has 1 saturated heterocycles. The van der Waals surface area contributed by atoms with E-state index in [1.165, 1.54) is 4.90 Å². The van der Waals surface area contributed by atoms with Gasteiger partial charge in [-0.15, -0.1) is 0 Å². The molecule has 0 saturated carbocycles. The third-order valence-electron chi connectivity index (χ3n) is 5.06. The van der Waals surface area contributed by atoms with E-state index in [0.717, 1.165) is 12.0 Å². The Morgan fingerprint density at radius 3 is 2.38 bits per heavy atom. The Kier molecular flexibility index (Phi) is 4.76. The van der Waals surface area contributed by atoms with Gasteiger partial charge in [0.15, 0.2) is 5.82 Å². The molecule has 1 aromatic heterocycles. The van der Waals surface area contributed by atoms with Gasteiger partial charge in [-0.1, -0.05) is 66.7 Å². The molecule has 0 spiro atoms. The number of hydrogen-bond donors (Lipinski definition) is 1. The topological polar surface area (TPSA) is 83.6 Å². The predicted octanol–water partition coefficient (Wildman–Crippen LogP) is 4.17. The van der Waals surface area contributed by atoms with Crippen LogP contribution in [0.25, 0.3) is 5.76 Å². The van der Waals surface area contributed by atoms with E-state index in [0.29, 0.717) is 16.9 Å². The van der Waals surface area contributed by atoms with E-state index < -0.39 is 17.7 Å². The number of aliphatic hydroxyl groups excluding tert-OH is 1. The van der Waals surface area contributed by atoms with E-state index >= 15 is 0 Å². The summed E-state index contributed by atoms with van der Waals surface area (Å²) in [4.78, 5) is 27.2. The molecule has 6 heteroatoms. The first-order valence-electron chi connectivity index (χ1n) is 9.39. The maximum atomic E-state index is 12.9. The van der Waals surface area contributed by atoms with Crippen LogP contribution in [0.1, 0.15) is 35.4 Å². The molecule has 3 aromatic rings. The molecule has 1 aliphatic heterocycles. The van der Waals surface area contributed by atoms with E-state index in [-0.39, 0.29) is 17.2 Å². The molecule has 1 amide bonds. The van der Waals surface area contributed by atoms with Crippen molar-refractivity contribution in [3.05, 3.63) is 88.7 Å². The van der Waals surface area contributed by atoms with Crippen LogP contribution in [0, 0.1) is 6.92 Å². The molecule has 29 heavy (non-hydrogen) atoms. The van der Waals surface area contributed by atoms with Crippen LogP contribution in [0.5, 0.6) is 0 Å². The number of benzene rings is 2. The van der Waals surface area contributed by atoms with Crippen molar-refractivity contribution in [1.82, 2.24) is 5.16 Å². The van der Waals surface area contributed by atoms with Crippen LogP contribution in [0.15, 0.2) is 70.8 Å². The Balaban J connectivity index is 1.92. The molecule has 0 bridgehead atoms. The lowest BCUT2D eigenvalue weighted by atomic mass is 9.94. The lowest BCUT2D eigenvalue weighted by Gasteiger charge is -2.23. The standard InChI is InChI=1S/C23H20N2O4/c1-3-15-9-11-16(12-10-15)20-19(21(26)17-7-5-4-6-8-17)22(27)23(28)25(20)18-13-14(2)29-24-18/h4-13,20,26H,3H2,1-2H3/b21-19+/t20-/m0/s1. The average Bonchev–Trinajstić information content (AvgIpc) is 3.29. The highest BCUT2D eigenvalue weighted by atomic mass is 16.5. The highest BCUT2D eigenvalue weighted by molar-refractivity contribution is 6.51. The van der Waals surface area contributed by atoms with Crippen molar-refractivity contribution in [2.75, 3.05) is 4.90 Å². The monoisotopic (exact) mass is 388 g/mol. The zero-order valence-electron chi connectivity index (χ0n) is 16.1. The van der Waals surface area contributed by atoms with Crippen molar-refractivity contribution in [2.24, 2.45) is 0 Å². The molecule has 2 heterocycles. The number of aromatic nitrogens is 1. The minimum Gasteiger partial charge on any atom is -0.507 e. The van der Waals surface area contributed by atoms with Gasteiger partial charge in [0.1, 0.15) is 11.5 Å². The van der Waals surface area contributed by atoms with E-state index in [9.17, 15) is 14.7 Å². The molecule has 2 aromatic carbocycles. The second-order valence-corrected chi connectivity index (χ2v) is 6.93. The highest BCUT2D eigenvalue weighted by Gasteiger charge is 2.48.